The molecule has 2 saturated heterocycles. The first-order chi connectivity index (χ1) is 13.0. The van der Waals surface area contributed by atoms with E-state index in [1.807, 2.05) is 6.07 Å². The Balaban J connectivity index is 1.46. The second-order valence-electron chi connectivity index (χ2n) is 8.24. The molecule has 0 bridgehead atoms. The van der Waals surface area contributed by atoms with Gasteiger partial charge in [0.25, 0.3) is 5.91 Å². The van der Waals surface area contributed by atoms with Gasteiger partial charge in [-0.05, 0) is 45.5 Å². The number of rotatable bonds is 1. The lowest BCUT2D eigenvalue weighted by molar-refractivity contribution is -0.136. The van der Waals surface area contributed by atoms with Gasteiger partial charge in [0.05, 0.1) is 13.2 Å². The number of carbonyl (C=O) groups excluding carboxylic acids is 3. The molecule has 0 saturated carbocycles. The number of likely N-dealkylation sites (tertiary alicyclic amines) is 1. The Morgan fingerprint density at radius 2 is 1.96 bits per heavy atom. The van der Waals surface area contributed by atoms with Crippen LogP contribution in [0.5, 0.6) is 5.75 Å². The summed E-state index contributed by atoms with van der Waals surface area (Å²) in [5.74, 6) is 0.0565. The van der Waals surface area contributed by atoms with Crippen LogP contribution in [0.3, 0.4) is 0 Å². The van der Waals surface area contributed by atoms with Gasteiger partial charge in [0, 0.05) is 28.5 Å². The molecular weight excluding hydrogens is 346 g/mol. The normalized spacial score (nSPS) is 26.8. The van der Waals surface area contributed by atoms with Crippen molar-refractivity contribution in [2.45, 2.75) is 43.7 Å². The maximum atomic E-state index is 12.9. The van der Waals surface area contributed by atoms with Crippen LogP contribution in [0.15, 0.2) is 12.1 Å². The number of benzene rings is 1. The smallest absolute Gasteiger partial charge is 0.255 e. The number of piperidine rings is 2. The summed E-state index contributed by atoms with van der Waals surface area (Å²) in [4.78, 5) is 40.5. The van der Waals surface area contributed by atoms with Crippen LogP contribution >= 0.6 is 0 Å². The lowest BCUT2D eigenvalue weighted by atomic mass is 9.74. The minimum atomic E-state index is -0.586. The van der Waals surface area contributed by atoms with E-state index in [1.54, 1.807) is 4.90 Å². The van der Waals surface area contributed by atoms with E-state index in [1.165, 1.54) is 5.56 Å². The molecule has 3 amide bonds. The molecular formula is C20H23N3O4. The van der Waals surface area contributed by atoms with E-state index < -0.39 is 6.04 Å². The minimum Gasteiger partial charge on any atom is -0.492 e. The molecule has 1 atom stereocenters. The van der Waals surface area contributed by atoms with Crippen molar-refractivity contribution in [1.29, 1.82) is 0 Å². The highest BCUT2D eigenvalue weighted by atomic mass is 16.5. The largest absolute Gasteiger partial charge is 0.492 e. The summed E-state index contributed by atoms with van der Waals surface area (Å²) < 4.78 is 6.15. The Hall–Kier alpha value is -2.41. The number of ether oxygens (including phenoxy) is 1. The SMILES string of the molecule is CN1CCC2(CC1)COc1c2ccc2c1CN(C1CCC(=O)NC1=O)C2=O. The van der Waals surface area contributed by atoms with Crippen LogP contribution in [0.2, 0.25) is 0 Å². The third kappa shape index (κ3) is 2.41. The summed E-state index contributed by atoms with van der Waals surface area (Å²) in [6.07, 6.45) is 2.76. The van der Waals surface area contributed by atoms with Gasteiger partial charge in [-0.1, -0.05) is 6.07 Å². The molecule has 1 aromatic carbocycles. The lowest BCUT2D eigenvalue weighted by Gasteiger charge is -2.36. The summed E-state index contributed by atoms with van der Waals surface area (Å²) in [5, 5.41) is 2.35. The van der Waals surface area contributed by atoms with E-state index in [9.17, 15) is 14.4 Å². The Bertz CT molecular complexity index is 857. The van der Waals surface area contributed by atoms with Crippen LogP contribution in [-0.2, 0) is 21.5 Å². The fourth-order valence-corrected chi connectivity index (χ4v) is 4.94. The number of hydrogen-bond donors (Lipinski definition) is 1. The first kappa shape index (κ1) is 16.7. The number of imide groups is 1. The van der Waals surface area contributed by atoms with E-state index in [2.05, 4.69) is 23.3 Å². The Morgan fingerprint density at radius 1 is 1.19 bits per heavy atom. The van der Waals surface area contributed by atoms with Gasteiger partial charge in [-0.2, -0.15) is 0 Å². The summed E-state index contributed by atoms with van der Waals surface area (Å²) in [6.45, 7) is 3.13. The predicted octanol–water partition coefficient (Wildman–Crippen LogP) is 0.803. The van der Waals surface area contributed by atoms with Crippen molar-refractivity contribution in [3.63, 3.8) is 0 Å². The van der Waals surface area contributed by atoms with Gasteiger partial charge in [0.1, 0.15) is 11.8 Å². The van der Waals surface area contributed by atoms with E-state index in [0.717, 1.165) is 37.2 Å². The second-order valence-corrected chi connectivity index (χ2v) is 8.24. The van der Waals surface area contributed by atoms with Crippen LogP contribution in [0.1, 0.15) is 47.2 Å². The van der Waals surface area contributed by atoms with Gasteiger partial charge >= 0.3 is 0 Å². The fourth-order valence-electron chi connectivity index (χ4n) is 4.94. The zero-order chi connectivity index (χ0) is 18.8. The number of nitrogens with one attached hydrogen (secondary N) is 1. The first-order valence-electron chi connectivity index (χ1n) is 9.61. The summed E-state index contributed by atoms with van der Waals surface area (Å²) in [6, 6.07) is 3.37. The average molecular weight is 369 g/mol. The predicted molar refractivity (Wildman–Crippen MR) is 96.4 cm³/mol. The van der Waals surface area contributed by atoms with E-state index in [-0.39, 0.29) is 29.6 Å². The van der Waals surface area contributed by atoms with E-state index in [4.69, 9.17) is 4.74 Å². The zero-order valence-electron chi connectivity index (χ0n) is 15.4. The lowest BCUT2D eigenvalue weighted by Crippen LogP contribution is -2.52. The summed E-state index contributed by atoms with van der Waals surface area (Å²) in [7, 11) is 2.14. The molecule has 4 heterocycles. The summed E-state index contributed by atoms with van der Waals surface area (Å²) >= 11 is 0. The quantitative estimate of drug-likeness (QED) is 0.741. The van der Waals surface area contributed by atoms with Crippen LogP contribution in [0, 0.1) is 0 Å². The van der Waals surface area contributed by atoms with Crippen molar-refractivity contribution < 1.29 is 19.1 Å². The number of amides is 3. The highest BCUT2D eigenvalue weighted by Crippen LogP contribution is 2.49. The molecule has 1 aromatic rings. The highest BCUT2D eigenvalue weighted by molar-refractivity contribution is 6.05. The number of carbonyl (C=O) groups is 3. The number of hydrogen-bond acceptors (Lipinski definition) is 5. The molecule has 27 heavy (non-hydrogen) atoms. The molecule has 1 unspecified atom stereocenters. The third-order valence-corrected chi connectivity index (χ3v) is 6.67. The van der Waals surface area contributed by atoms with Gasteiger partial charge in [-0.15, -0.1) is 0 Å². The molecule has 0 aliphatic carbocycles. The van der Waals surface area contributed by atoms with Crippen molar-refractivity contribution in [2.75, 3.05) is 26.7 Å². The topological polar surface area (TPSA) is 79.0 Å². The molecule has 4 aliphatic rings. The van der Waals surface area contributed by atoms with Crippen LogP contribution < -0.4 is 10.1 Å². The maximum absolute atomic E-state index is 12.9. The molecule has 1 N–H and O–H groups in total. The van der Waals surface area contributed by atoms with Gasteiger partial charge in [-0.3, -0.25) is 19.7 Å². The maximum Gasteiger partial charge on any atom is 0.255 e. The van der Waals surface area contributed by atoms with E-state index in [0.29, 0.717) is 25.1 Å². The zero-order valence-corrected chi connectivity index (χ0v) is 15.4. The molecule has 5 rings (SSSR count). The third-order valence-electron chi connectivity index (χ3n) is 6.67. The Kier molecular flexibility index (Phi) is 3.59. The fraction of sp³-hybridized carbons (Fsp3) is 0.550. The van der Waals surface area contributed by atoms with Crippen LogP contribution in [0.4, 0.5) is 0 Å². The van der Waals surface area contributed by atoms with Crippen molar-refractivity contribution in [2.24, 2.45) is 0 Å². The van der Waals surface area contributed by atoms with Crippen molar-refractivity contribution in [3.8, 4) is 5.75 Å². The van der Waals surface area contributed by atoms with Crippen molar-refractivity contribution in [1.82, 2.24) is 15.1 Å². The average Bonchev–Trinajstić information content (AvgIpc) is 3.17. The molecule has 7 heteroatoms. The number of nitrogens with zero attached hydrogens (tertiary/aromatic N) is 2. The van der Waals surface area contributed by atoms with Gasteiger partial charge in [0.2, 0.25) is 11.8 Å². The van der Waals surface area contributed by atoms with E-state index >= 15 is 0 Å². The number of fused-ring (bicyclic) bond motifs is 4. The molecule has 142 valence electrons. The second kappa shape index (κ2) is 5.79. The monoisotopic (exact) mass is 369 g/mol. The summed E-state index contributed by atoms with van der Waals surface area (Å²) in [5.41, 5.74) is 2.79. The Morgan fingerprint density at radius 3 is 2.70 bits per heavy atom. The van der Waals surface area contributed by atoms with Crippen LogP contribution in [0.25, 0.3) is 0 Å². The van der Waals surface area contributed by atoms with Crippen molar-refractivity contribution >= 4 is 17.7 Å². The molecule has 0 aromatic heterocycles. The van der Waals surface area contributed by atoms with Gasteiger partial charge in [-0.25, -0.2) is 0 Å². The standard InChI is InChI=1S/C20H23N3O4/c1-22-8-6-20(7-9-22)11-27-17-13-10-23(15-4-5-16(24)21-18(15)25)19(26)12(13)2-3-14(17)20/h2-3,15H,4-11H2,1H3,(H,21,24,25). The molecule has 2 fully saturated rings. The first-order valence-corrected chi connectivity index (χ1v) is 9.61. The van der Waals surface area contributed by atoms with Crippen molar-refractivity contribution in [3.05, 3.63) is 28.8 Å². The minimum absolute atomic E-state index is 0.0436. The Labute approximate surface area is 157 Å². The molecule has 0 radical (unpaired) electrons. The molecule has 1 spiro atoms. The van der Waals surface area contributed by atoms with Gasteiger partial charge in [0.15, 0.2) is 0 Å². The molecule has 4 aliphatic heterocycles. The highest BCUT2D eigenvalue weighted by Gasteiger charge is 2.47. The van der Waals surface area contributed by atoms with Crippen LogP contribution in [-0.4, -0.2) is 60.3 Å². The molecule has 7 nitrogen and oxygen atoms in total. The van der Waals surface area contributed by atoms with Gasteiger partial charge < -0.3 is 14.5 Å².